The van der Waals surface area contributed by atoms with Crippen molar-refractivity contribution in [3.63, 3.8) is 0 Å². The highest BCUT2D eigenvalue weighted by Gasteiger charge is 2.03. The summed E-state index contributed by atoms with van der Waals surface area (Å²) in [5.74, 6) is 0. The molecule has 1 nitrogen and oxygen atoms in total. The van der Waals surface area contributed by atoms with Crippen LogP contribution in [0.15, 0.2) is 42.5 Å². The van der Waals surface area contributed by atoms with Gasteiger partial charge in [0.25, 0.3) is 0 Å². The zero-order chi connectivity index (χ0) is 11.4. The molecule has 84 valence electrons. The highest BCUT2D eigenvalue weighted by molar-refractivity contribution is 5.85. The lowest BCUT2D eigenvalue weighted by Crippen LogP contribution is -2.23. The molecule has 2 aromatic carbocycles. The van der Waals surface area contributed by atoms with Crippen molar-refractivity contribution >= 4 is 16.5 Å². The number of nitrogens with zero attached hydrogens (tertiary/aromatic N) is 1. The number of anilines is 1. The molecule has 0 bridgehead atoms. The van der Waals surface area contributed by atoms with Gasteiger partial charge in [0, 0.05) is 18.8 Å². The van der Waals surface area contributed by atoms with Crippen molar-refractivity contribution in [2.45, 2.75) is 20.3 Å². The highest BCUT2D eigenvalue weighted by Crippen LogP contribution is 2.22. The Labute approximate surface area is 97.7 Å². The van der Waals surface area contributed by atoms with Gasteiger partial charge in [0.2, 0.25) is 0 Å². The zero-order valence-corrected chi connectivity index (χ0v) is 10.1. The van der Waals surface area contributed by atoms with Crippen molar-refractivity contribution in [3.8, 4) is 0 Å². The second kappa shape index (κ2) is 5.02. The summed E-state index contributed by atoms with van der Waals surface area (Å²) in [7, 11) is 0. The van der Waals surface area contributed by atoms with E-state index in [1.54, 1.807) is 0 Å². The summed E-state index contributed by atoms with van der Waals surface area (Å²) >= 11 is 0. The molecule has 2 rings (SSSR count). The first-order chi connectivity index (χ1) is 7.85. The van der Waals surface area contributed by atoms with Crippen LogP contribution in [0, 0.1) is 0 Å². The molecule has 0 aliphatic carbocycles. The van der Waals surface area contributed by atoms with Crippen molar-refractivity contribution in [1.29, 1.82) is 0 Å². The molecule has 0 N–H and O–H groups in total. The number of benzene rings is 2. The number of hydrogen-bond acceptors (Lipinski definition) is 1. The van der Waals surface area contributed by atoms with Crippen molar-refractivity contribution in [3.05, 3.63) is 42.5 Å². The molecule has 0 aliphatic rings. The molecule has 0 spiro atoms. The summed E-state index contributed by atoms with van der Waals surface area (Å²) in [4.78, 5) is 2.42. The monoisotopic (exact) mass is 213 g/mol. The van der Waals surface area contributed by atoms with Crippen LogP contribution in [0.3, 0.4) is 0 Å². The molecule has 0 aliphatic heterocycles. The molecule has 0 atom stereocenters. The van der Waals surface area contributed by atoms with Crippen LogP contribution in [0.4, 0.5) is 5.69 Å². The van der Waals surface area contributed by atoms with Gasteiger partial charge in [0.05, 0.1) is 0 Å². The van der Waals surface area contributed by atoms with Crippen LogP contribution in [-0.4, -0.2) is 13.1 Å². The van der Waals surface area contributed by atoms with E-state index >= 15 is 0 Å². The van der Waals surface area contributed by atoms with E-state index in [9.17, 15) is 0 Å². The van der Waals surface area contributed by atoms with Gasteiger partial charge in [-0.15, -0.1) is 0 Å². The van der Waals surface area contributed by atoms with E-state index in [1.807, 2.05) is 0 Å². The van der Waals surface area contributed by atoms with E-state index in [0.717, 1.165) is 13.1 Å². The van der Waals surface area contributed by atoms with Crippen molar-refractivity contribution in [2.24, 2.45) is 0 Å². The van der Waals surface area contributed by atoms with Crippen LogP contribution in [0.1, 0.15) is 20.3 Å². The Hall–Kier alpha value is -1.50. The summed E-state index contributed by atoms with van der Waals surface area (Å²) in [5, 5.41) is 2.65. The molecular weight excluding hydrogens is 194 g/mol. The first-order valence-corrected chi connectivity index (χ1v) is 6.09. The molecule has 0 unspecified atom stereocenters. The minimum Gasteiger partial charge on any atom is -0.372 e. The Morgan fingerprint density at radius 1 is 0.938 bits per heavy atom. The van der Waals surface area contributed by atoms with E-state index < -0.39 is 0 Å². The Bertz CT molecular complexity index is 462. The maximum absolute atomic E-state index is 2.42. The molecule has 0 saturated heterocycles. The van der Waals surface area contributed by atoms with Gasteiger partial charge >= 0.3 is 0 Å². The maximum Gasteiger partial charge on any atom is 0.0372 e. The van der Waals surface area contributed by atoms with Gasteiger partial charge in [-0.3, -0.25) is 0 Å². The molecule has 0 aromatic heterocycles. The lowest BCUT2D eigenvalue weighted by Gasteiger charge is -2.22. The molecule has 0 radical (unpaired) electrons. The second-order valence-corrected chi connectivity index (χ2v) is 4.11. The molecule has 16 heavy (non-hydrogen) atoms. The van der Waals surface area contributed by atoms with E-state index in [4.69, 9.17) is 0 Å². The summed E-state index contributed by atoms with van der Waals surface area (Å²) in [6.07, 6.45) is 1.20. The zero-order valence-electron chi connectivity index (χ0n) is 10.1. The standard InChI is InChI=1S/C15H19N/c1-3-11-16(4-2)15-10-9-13-7-5-6-8-14(13)12-15/h5-10,12H,3-4,11H2,1-2H3. The predicted octanol–water partition coefficient (Wildman–Crippen LogP) is 4.08. The summed E-state index contributed by atoms with van der Waals surface area (Å²) in [5.41, 5.74) is 1.34. The number of fused-ring (bicyclic) bond motifs is 1. The van der Waals surface area contributed by atoms with Gasteiger partial charge in [-0.05, 0) is 36.2 Å². The van der Waals surface area contributed by atoms with Gasteiger partial charge < -0.3 is 4.90 Å². The van der Waals surface area contributed by atoms with E-state index in [1.165, 1.54) is 22.9 Å². The molecule has 0 fully saturated rings. The van der Waals surface area contributed by atoms with Crippen LogP contribution < -0.4 is 4.90 Å². The van der Waals surface area contributed by atoms with Gasteiger partial charge in [0.15, 0.2) is 0 Å². The fraction of sp³-hybridized carbons (Fsp3) is 0.333. The van der Waals surface area contributed by atoms with Crippen LogP contribution >= 0.6 is 0 Å². The van der Waals surface area contributed by atoms with Gasteiger partial charge in [0.1, 0.15) is 0 Å². The van der Waals surface area contributed by atoms with Gasteiger partial charge in [-0.25, -0.2) is 0 Å². The maximum atomic E-state index is 2.42. The lowest BCUT2D eigenvalue weighted by atomic mass is 10.1. The highest BCUT2D eigenvalue weighted by atomic mass is 15.1. The topological polar surface area (TPSA) is 3.24 Å². The van der Waals surface area contributed by atoms with Gasteiger partial charge in [-0.1, -0.05) is 37.3 Å². The summed E-state index contributed by atoms with van der Waals surface area (Å²) < 4.78 is 0. The molecule has 0 amide bonds. The average molecular weight is 213 g/mol. The minimum absolute atomic E-state index is 1.08. The predicted molar refractivity (Wildman–Crippen MR) is 72.1 cm³/mol. The van der Waals surface area contributed by atoms with E-state index in [0.29, 0.717) is 0 Å². The normalized spacial score (nSPS) is 10.6. The average Bonchev–Trinajstić information content (AvgIpc) is 2.35. The van der Waals surface area contributed by atoms with Crippen LogP contribution in [0.5, 0.6) is 0 Å². The third-order valence-electron chi connectivity index (χ3n) is 2.97. The summed E-state index contributed by atoms with van der Waals surface area (Å²) in [6, 6.07) is 15.3. The molecular formula is C15H19N. The third kappa shape index (κ3) is 2.19. The molecule has 1 heteroatoms. The summed E-state index contributed by atoms with van der Waals surface area (Å²) in [6.45, 7) is 6.65. The van der Waals surface area contributed by atoms with E-state index in [-0.39, 0.29) is 0 Å². The van der Waals surface area contributed by atoms with Crippen LogP contribution in [0.25, 0.3) is 10.8 Å². The van der Waals surface area contributed by atoms with Gasteiger partial charge in [-0.2, -0.15) is 0 Å². The SMILES string of the molecule is CCCN(CC)c1ccc2ccccc2c1. The quantitative estimate of drug-likeness (QED) is 0.739. The Morgan fingerprint density at radius 3 is 2.38 bits per heavy atom. The smallest absolute Gasteiger partial charge is 0.0372 e. The van der Waals surface area contributed by atoms with Crippen molar-refractivity contribution in [1.82, 2.24) is 0 Å². The minimum atomic E-state index is 1.08. The lowest BCUT2D eigenvalue weighted by molar-refractivity contribution is 0.792. The number of hydrogen-bond donors (Lipinski definition) is 0. The van der Waals surface area contributed by atoms with Crippen molar-refractivity contribution in [2.75, 3.05) is 18.0 Å². The van der Waals surface area contributed by atoms with Crippen LogP contribution in [-0.2, 0) is 0 Å². The Morgan fingerprint density at radius 2 is 1.69 bits per heavy atom. The Kier molecular flexibility index (Phi) is 3.45. The van der Waals surface area contributed by atoms with E-state index in [2.05, 4.69) is 61.2 Å². The first-order valence-electron chi connectivity index (χ1n) is 6.09. The molecule has 0 saturated carbocycles. The van der Waals surface area contributed by atoms with Crippen molar-refractivity contribution < 1.29 is 0 Å². The molecule has 0 heterocycles. The molecule has 2 aromatic rings. The third-order valence-corrected chi connectivity index (χ3v) is 2.97. The van der Waals surface area contributed by atoms with Crippen LogP contribution in [0.2, 0.25) is 0 Å². The largest absolute Gasteiger partial charge is 0.372 e. The second-order valence-electron chi connectivity index (χ2n) is 4.11. The number of rotatable bonds is 4. The Balaban J connectivity index is 2.37. The fourth-order valence-corrected chi connectivity index (χ4v) is 2.11. The first kappa shape index (κ1) is 11.0. The fourth-order valence-electron chi connectivity index (χ4n) is 2.11.